The lowest BCUT2D eigenvalue weighted by Gasteiger charge is -2.25. The van der Waals surface area contributed by atoms with Gasteiger partial charge in [0, 0.05) is 0 Å². The van der Waals surface area contributed by atoms with E-state index in [0.717, 1.165) is 11.5 Å². The summed E-state index contributed by atoms with van der Waals surface area (Å²) in [6, 6.07) is 0. The predicted molar refractivity (Wildman–Crippen MR) is 65.7 cm³/mol. The van der Waals surface area contributed by atoms with Crippen molar-refractivity contribution in [1.29, 1.82) is 0 Å². The molecule has 1 aliphatic carbocycles. The van der Waals surface area contributed by atoms with Crippen LogP contribution in [0.3, 0.4) is 0 Å². The average Bonchev–Trinajstić information content (AvgIpc) is 2.21. The first kappa shape index (κ1) is 12.7. The lowest BCUT2D eigenvalue weighted by atomic mass is 9.90. The molecule has 0 aromatic carbocycles. The zero-order valence-corrected chi connectivity index (χ0v) is 11.3. The number of carbonyl (C=O) groups is 1. The molecule has 0 heterocycles. The van der Waals surface area contributed by atoms with Crippen molar-refractivity contribution in [3.05, 3.63) is 12.2 Å². The predicted octanol–water partition coefficient (Wildman–Crippen LogP) is 2.23. The minimum Gasteiger partial charge on any atom is -0.416 e. The number of hydrogen-bond acceptors (Lipinski definition) is 2. The fourth-order valence-corrected chi connectivity index (χ4v) is 3.51. The minimum atomic E-state index is -0.472. The molecular formula is C12H22O2Si. The van der Waals surface area contributed by atoms with Gasteiger partial charge in [0.25, 0.3) is 0 Å². The number of ketones is 1. The molecule has 2 nitrogen and oxygen atoms in total. The van der Waals surface area contributed by atoms with E-state index in [0.29, 0.717) is 6.61 Å². The monoisotopic (exact) mass is 226 g/mol. The van der Waals surface area contributed by atoms with Gasteiger partial charge in [0.1, 0.15) is 0 Å². The molecule has 1 rings (SSSR count). The van der Waals surface area contributed by atoms with Crippen LogP contribution in [0.2, 0.25) is 5.54 Å². The molecule has 3 heteroatoms. The van der Waals surface area contributed by atoms with Crippen LogP contribution in [-0.2, 0) is 9.22 Å². The maximum Gasteiger partial charge on any atom is 0.179 e. The number of allylic oxidation sites excluding steroid dienone is 1. The van der Waals surface area contributed by atoms with Gasteiger partial charge in [-0.15, -0.1) is 0 Å². The summed E-state index contributed by atoms with van der Waals surface area (Å²) in [6.07, 6.45) is 8.72. The van der Waals surface area contributed by atoms with Crippen molar-refractivity contribution in [3.63, 3.8) is 0 Å². The topological polar surface area (TPSA) is 26.3 Å². The van der Waals surface area contributed by atoms with Gasteiger partial charge in [0.15, 0.2) is 15.5 Å². The highest BCUT2D eigenvalue weighted by Crippen LogP contribution is 2.31. The number of hydrogen-bond donors (Lipinski definition) is 0. The molecule has 0 aromatic rings. The van der Waals surface area contributed by atoms with Gasteiger partial charge in [-0.3, -0.25) is 4.79 Å². The molecular weight excluding hydrogens is 204 g/mol. The molecule has 1 aliphatic rings. The highest BCUT2D eigenvalue weighted by atomic mass is 28.2. The van der Waals surface area contributed by atoms with E-state index in [2.05, 4.69) is 6.92 Å². The van der Waals surface area contributed by atoms with Crippen LogP contribution < -0.4 is 0 Å². The Kier molecular flexibility index (Phi) is 5.87. The van der Waals surface area contributed by atoms with Crippen LogP contribution in [0.1, 0.15) is 39.5 Å². The molecule has 0 bridgehead atoms. The normalized spacial score (nSPS) is 27.9. The average molecular weight is 226 g/mol. The lowest BCUT2D eigenvalue weighted by molar-refractivity contribution is -0.116. The molecule has 1 saturated carbocycles. The number of rotatable bonds is 5. The molecule has 86 valence electrons. The van der Waals surface area contributed by atoms with Gasteiger partial charge >= 0.3 is 0 Å². The Balaban J connectivity index is 2.07. The van der Waals surface area contributed by atoms with Gasteiger partial charge in [-0.05, 0) is 24.5 Å². The third kappa shape index (κ3) is 5.28. The molecule has 0 saturated heterocycles. The van der Waals surface area contributed by atoms with E-state index in [1.54, 1.807) is 12.2 Å². The first-order chi connectivity index (χ1) is 7.22. The van der Waals surface area contributed by atoms with Gasteiger partial charge in [-0.2, -0.15) is 0 Å². The van der Waals surface area contributed by atoms with E-state index < -0.39 is 9.76 Å². The molecule has 0 aliphatic heterocycles. The second-order valence-corrected chi connectivity index (χ2v) is 6.50. The third-order valence-corrected chi connectivity index (χ3v) is 4.81. The van der Waals surface area contributed by atoms with Gasteiger partial charge < -0.3 is 4.43 Å². The van der Waals surface area contributed by atoms with Crippen LogP contribution in [0.15, 0.2) is 12.2 Å². The summed E-state index contributed by atoms with van der Waals surface area (Å²) in [7, 11) is -0.472. The minimum absolute atomic E-state index is 0.106. The molecule has 0 unspecified atom stereocenters. The van der Waals surface area contributed by atoms with Crippen molar-refractivity contribution in [2.45, 2.75) is 45.1 Å². The Bertz CT molecular complexity index is 218. The number of carbonyl (C=O) groups excluding carboxylic acids is 1. The fourth-order valence-electron chi connectivity index (χ4n) is 2.06. The van der Waals surface area contributed by atoms with Crippen molar-refractivity contribution in [1.82, 2.24) is 0 Å². The SMILES string of the molecule is C/C=C/C(=O)CO[SiH2]C1CCC(C)CC1. The van der Waals surface area contributed by atoms with Gasteiger partial charge in [-0.1, -0.05) is 38.7 Å². The first-order valence-electron chi connectivity index (χ1n) is 5.95. The summed E-state index contributed by atoms with van der Waals surface area (Å²) in [5.74, 6) is 1.01. The van der Waals surface area contributed by atoms with Crippen LogP contribution in [-0.4, -0.2) is 22.2 Å². The van der Waals surface area contributed by atoms with Crippen LogP contribution >= 0.6 is 0 Å². The molecule has 0 amide bonds. The summed E-state index contributed by atoms with van der Waals surface area (Å²) >= 11 is 0. The Morgan fingerprint density at radius 3 is 2.67 bits per heavy atom. The van der Waals surface area contributed by atoms with E-state index in [1.807, 2.05) is 6.92 Å². The third-order valence-electron chi connectivity index (χ3n) is 3.09. The maximum atomic E-state index is 11.1. The summed E-state index contributed by atoms with van der Waals surface area (Å²) in [4.78, 5) is 11.1. The molecule has 0 atom stereocenters. The Morgan fingerprint density at radius 1 is 1.40 bits per heavy atom. The Hall–Kier alpha value is -0.413. The zero-order valence-electron chi connectivity index (χ0n) is 9.87. The fraction of sp³-hybridized carbons (Fsp3) is 0.750. The van der Waals surface area contributed by atoms with E-state index in [-0.39, 0.29) is 5.78 Å². The van der Waals surface area contributed by atoms with E-state index >= 15 is 0 Å². The van der Waals surface area contributed by atoms with Crippen molar-refractivity contribution in [2.24, 2.45) is 5.92 Å². The van der Waals surface area contributed by atoms with Crippen LogP contribution in [0, 0.1) is 5.92 Å². The molecule has 0 aromatic heterocycles. The zero-order chi connectivity index (χ0) is 11.1. The maximum absolute atomic E-state index is 11.1. The van der Waals surface area contributed by atoms with Gasteiger partial charge in [-0.25, -0.2) is 0 Å². The van der Waals surface area contributed by atoms with Crippen molar-refractivity contribution < 1.29 is 9.22 Å². The summed E-state index contributed by atoms with van der Waals surface area (Å²) in [5, 5.41) is 0. The quantitative estimate of drug-likeness (QED) is 0.531. The molecule has 0 spiro atoms. The van der Waals surface area contributed by atoms with Crippen molar-refractivity contribution >= 4 is 15.5 Å². The Labute approximate surface area is 95.0 Å². The molecule has 15 heavy (non-hydrogen) atoms. The second-order valence-electron chi connectivity index (χ2n) is 4.61. The summed E-state index contributed by atoms with van der Waals surface area (Å²) in [5.41, 5.74) is 0.819. The molecule has 0 N–H and O–H groups in total. The highest BCUT2D eigenvalue weighted by molar-refractivity contribution is 6.30. The van der Waals surface area contributed by atoms with Crippen LogP contribution in [0.5, 0.6) is 0 Å². The summed E-state index contributed by atoms with van der Waals surface area (Å²) in [6.45, 7) is 4.49. The first-order valence-corrected chi connectivity index (χ1v) is 7.35. The molecule has 1 fully saturated rings. The Morgan fingerprint density at radius 2 is 2.07 bits per heavy atom. The standard InChI is InChI=1S/C12H22O2Si/c1-3-4-11(13)9-14-15-12-7-5-10(2)6-8-12/h3-4,10,12H,5-9,15H2,1-2H3/b4-3+. The van der Waals surface area contributed by atoms with Crippen LogP contribution in [0.25, 0.3) is 0 Å². The van der Waals surface area contributed by atoms with E-state index in [4.69, 9.17) is 4.43 Å². The van der Waals surface area contributed by atoms with Gasteiger partial charge in [0.05, 0.1) is 6.61 Å². The van der Waals surface area contributed by atoms with E-state index in [1.165, 1.54) is 25.7 Å². The second kappa shape index (κ2) is 6.96. The van der Waals surface area contributed by atoms with Crippen LogP contribution in [0.4, 0.5) is 0 Å². The van der Waals surface area contributed by atoms with Crippen molar-refractivity contribution in [2.75, 3.05) is 6.61 Å². The summed E-state index contributed by atoms with van der Waals surface area (Å²) < 4.78 is 5.56. The van der Waals surface area contributed by atoms with Crippen molar-refractivity contribution in [3.8, 4) is 0 Å². The van der Waals surface area contributed by atoms with Gasteiger partial charge in [0.2, 0.25) is 0 Å². The molecule has 0 radical (unpaired) electrons. The lowest BCUT2D eigenvalue weighted by Crippen LogP contribution is -2.18. The largest absolute Gasteiger partial charge is 0.416 e. The van der Waals surface area contributed by atoms with E-state index in [9.17, 15) is 4.79 Å². The highest BCUT2D eigenvalue weighted by Gasteiger charge is 2.18. The smallest absolute Gasteiger partial charge is 0.179 e.